The van der Waals surface area contributed by atoms with E-state index in [2.05, 4.69) is 27.3 Å². The van der Waals surface area contributed by atoms with E-state index in [1.165, 1.54) is 6.07 Å². The number of hydrogen-bond donors (Lipinski definition) is 3. The van der Waals surface area contributed by atoms with Crippen LogP contribution in [0.5, 0.6) is 5.75 Å². The molecule has 2 atom stereocenters. The van der Waals surface area contributed by atoms with Gasteiger partial charge in [0.05, 0.1) is 6.04 Å². The van der Waals surface area contributed by atoms with E-state index in [4.69, 9.17) is 12.2 Å². The molecule has 0 spiro atoms. The first-order valence-electron chi connectivity index (χ1n) is 8.11. The van der Waals surface area contributed by atoms with Crippen molar-refractivity contribution in [2.24, 2.45) is 5.92 Å². The van der Waals surface area contributed by atoms with Crippen LogP contribution in [-0.4, -0.2) is 17.6 Å². The summed E-state index contributed by atoms with van der Waals surface area (Å²) in [6, 6.07) is 14.5. The molecule has 2 aromatic rings. The molecule has 0 radical (unpaired) electrons. The lowest BCUT2D eigenvalue weighted by molar-refractivity contribution is -0.119. The highest BCUT2D eigenvalue weighted by Crippen LogP contribution is 2.36. The van der Waals surface area contributed by atoms with Crippen LogP contribution in [0.1, 0.15) is 11.6 Å². The number of carbonyl (C=O) groups is 1. The highest BCUT2D eigenvalue weighted by Gasteiger charge is 2.38. The average molecular weight is 389 g/mol. The molecule has 5 nitrogen and oxygen atoms in total. The van der Waals surface area contributed by atoms with Crippen LogP contribution in [0.2, 0.25) is 0 Å². The van der Waals surface area contributed by atoms with Gasteiger partial charge in [0.25, 0.3) is 0 Å². The smallest absolute Gasteiger partial charge is 0.387 e. The van der Waals surface area contributed by atoms with Crippen LogP contribution in [0.15, 0.2) is 66.9 Å². The number of para-hydroxylation sites is 2. The van der Waals surface area contributed by atoms with Gasteiger partial charge < -0.3 is 20.7 Å². The zero-order valence-electron chi connectivity index (χ0n) is 14.1. The molecule has 8 heteroatoms. The van der Waals surface area contributed by atoms with Gasteiger partial charge in [0, 0.05) is 16.9 Å². The first-order chi connectivity index (χ1) is 13.0. The molecule has 1 heterocycles. The lowest BCUT2D eigenvalue weighted by Gasteiger charge is -2.36. The molecule has 1 amide bonds. The number of carbonyl (C=O) groups excluding carboxylic acids is 1. The predicted octanol–water partition coefficient (Wildman–Crippen LogP) is 3.58. The van der Waals surface area contributed by atoms with Gasteiger partial charge in [-0.3, -0.25) is 4.79 Å². The fourth-order valence-corrected chi connectivity index (χ4v) is 3.19. The highest BCUT2D eigenvalue weighted by atomic mass is 32.1. The van der Waals surface area contributed by atoms with Gasteiger partial charge in [-0.2, -0.15) is 8.78 Å². The third-order valence-electron chi connectivity index (χ3n) is 4.06. The second-order valence-electron chi connectivity index (χ2n) is 5.85. The van der Waals surface area contributed by atoms with Crippen molar-refractivity contribution in [3.05, 3.63) is 72.4 Å². The standard InChI is InChI=1S/C19H17F2N3O2S/c1-11-15(17(25)23-12-7-3-2-4-8-12)16(24-19(27)22-11)13-9-5-6-10-14(13)26-18(20)21/h2-10,15-16,18H,1H2,(H,23,25)(H2,22,24,27)/t15-,16+/m1/s1. The van der Waals surface area contributed by atoms with Gasteiger partial charge in [0.1, 0.15) is 11.7 Å². The zero-order chi connectivity index (χ0) is 19.4. The van der Waals surface area contributed by atoms with Crippen LogP contribution >= 0.6 is 12.2 Å². The molecule has 1 fully saturated rings. The quantitative estimate of drug-likeness (QED) is 0.683. The Kier molecular flexibility index (Phi) is 5.66. The minimum Gasteiger partial charge on any atom is -0.434 e. The van der Waals surface area contributed by atoms with E-state index in [9.17, 15) is 13.6 Å². The molecular weight excluding hydrogens is 372 g/mol. The maximum atomic E-state index is 12.9. The van der Waals surface area contributed by atoms with Crippen LogP contribution in [0.4, 0.5) is 14.5 Å². The minimum absolute atomic E-state index is 0.0278. The summed E-state index contributed by atoms with van der Waals surface area (Å²) >= 11 is 5.16. The molecule has 2 aromatic carbocycles. The summed E-state index contributed by atoms with van der Waals surface area (Å²) in [7, 11) is 0. The van der Waals surface area contributed by atoms with E-state index in [1.54, 1.807) is 42.5 Å². The van der Waals surface area contributed by atoms with Crippen LogP contribution in [-0.2, 0) is 4.79 Å². The molecule has 3 rings (SSSR count). The third-order valence-corrected chi connectivity index (χ3v) is 4.28. The van der Waals surface area contributed by atoms with Gasteiger partial charge in [-0.05, 0) is 30.4 Å². The Bertz CT molecular complexity index is 861. The van der Waals surface area contributed by atoms with E-state index in [-0.39, 0.29) is 16.8 Å². The van der Waals surface area contributed by atoms with Crippen LogP contribution in [0, 0.1) is 5.92 Å². The maximum absolute atomic E-state index is 12.9. The number of ether oxygens (including phenoxy) is 1. The Hall–Kier alpha value is -3.00. The lowest BCUT2D eigenvalue weighted by Crippen LogP contribution is -2.51. The number of nitrogens with one attached hydrogen (secondary N) is 3. The van der Waals surface area contributed by atoms with Gasteiger partial charge in [0.2, 0.25) is 5.91 Å². The number of amides is 1. The SMILES string of the molecule is C=C1NC(=S)N[C@@H](c2ccccc2OC(F)F)[C@@H]1C(=O)Nc1ccccc1. The highest BCUT2D eigenvalue weighted by molar-refractivity contribution is 7.80. The van der Waals surface area contributed by atoms with Gasteiger partial charge in [-0.1, -0.05) is 43.0 Å². The van der Waals surface area contributed by atoms with Crippen molar-refractivity contribution >= 4 is 28.9 Å². The van der Waals surface area contributed by atoms with Crippen molar-refractivity contribution in [1.82, 2.24) is 10.6 Å². The van der Waals surface area contributed by atoms with E-state index in [0.717, 1.165) is 0 Å². The largest absolute Gasteiger partial charge is 0.434 e. The summed E-state index contributed by atoms with van der Waals surface area (Å²) < 4.78 is 30.2. The molecule has 0 bridgehead atoms. The minimum atomic E-state index is -2.99. The number of alkyl halides is 2. The molecule has 27 heavy (non-hydrogen) atoms. The summed E-state index contributed by atoms with van der Waals surface area (Å²) in [5, 5.41) is 8.85. The van der Waals surface area contributed by atoms with Gasteiger partial charge >= 0.3 is 6.61 Å². The summed E-state index contributed by atoms with van der Waals surface area (Å²) in [5.41, 5.74) is 1.36. The van der Waals surface area contributed by atoms with Crippen molar-refractivity contribution in [2.75, 3.05) is 5.32 Å². The molecule has 0 unspecified atom stereocenters. The Morgan fingerprint density at radius 1 is 1.15 bits per heavy atom. The number of anilines is 1. The number of thiocarbonyl (C=S) groups is 1. The summed E-state index contributed by atoms with van der Waals surface area (Å²) in [6.07, 6.45) is 0. The van der Waals surface area contributed by atoms with Crippen molar-refractivity contribution in [3.8, 4) is 5.75 Å². The molecule has 1 aliphatic rings. The molecule has 1 aliphatic heterocycles. The van der Waals surface area contributed by atoms with Crippen molar-refractivity contribution in [3.63, 3.8) is 0 Å². The van der Waals surface area contributed by atoms with E-state index in [0.29, 0.717) is 16.9 Å². The Morgan fingerprint density at radius 2 is 1.81 bits per heavy atom. The lowest BCUT2D eigenvalue weighted by atomic mass is 9.87. The third kappa shape index (κ3) is 4.40. The second-order valence-corrected chi connectivity index (χ2v) is 6.26. The molecule has 0 saturated carbocycles. The summed E-state index contributed by atoms with van der Waals surface area (Å²) in [4.78, 5) is 12.9. The Balaban J connectivity index is 1.94. The number of halogens is 2. The number of rotatable bonds is 5. The monoisotopic (exact) mass is 389 g/mol. The average Bonchev–Trinajstić information content (AvgIpc) is 2.61. The van der Waals surface area contributed by atoms with Crippen LogP contribution in [0.25, 0.3) is 0 Å². The molecule has 140 valence electrons. The second kappa shape index (κ2) is 8.13. The predicted molar refractivity (Wildman–Crippen MR) is 102 cm³/mol. The molecule has 1 saturated heterocycles. The zero-order valence-corrected chi connectivity index (χ0v) is 14.9. The van der Waals surface area contributed by atoms with Crippen LogP contribution in [0.3, 0.4) is 0 Å². The van der Waals surface area contributed by atoms with Crippen molar-refractivity contribution < 1.29 is 18.3 Å². The molecule has 3 N–H and O–H groups in total. The molecule has 0 aliphatic carbocycles. The van der Waals surface area contributed by atoms with E-state index >= 15 is 0 Å². The van der Waals surface area contributed by atoms with E-state index < -0.39 is 18.6 Å². The fourth-order valence-electron chi connectivity index (χ4n) is 2.93. The summed E-state index contributed by atoms with van der Waals surface area (Å²) in [6.45, 7) is 0.900. The van der Waals surface area contributed by atoms with Gasteiger partial charge in [0.15, 0.2) is 5.11 Å². The molecule has 0 aromatic heterocycles. The maximum Gasteiger partial charge on any atom is 0.387 e. The Morgan fingerprint density at radius 3 is 2.52 bits per heavy atom. The van der Waals surface area contributed by atoms with Crippen molar-refractivity contribution in [2.45, 2.75) is 12.7 Å². The first-order valence-corrected chi connectivity index (χ1v) is 8.52. The van der Waals surface area contributed by atoms with E-state index in [1.807, 2.05) is 6.07 Å². The van der Waals surface area contributed by atoms with Crippen molar-refractivity contribution in [1.29, 1.82) is 0 Å². The van der Waals surface area contributed by atoms with Crippen LogP contribution < -0.4 is 20.7 Å². The van der Waals surface area contributed by atoms with Gasteiger partial charge in [-0.25, -0.2) is 0 Å². The Labute approximate surface area is 160 Å². The first kappa shape index (κ1) is 18.8. The topological polar surface area (TPSA) is 62.4 Å². The molecular formula is C19H17F2N3O2S. The number of hydrogen-bond acceptors (Lipinski definition) is 3. The van der Waals surface area contributed by atoms with Gasteiger partial charge in [-0.15, -0.1) is 0 Å². The number of benzene rings is 2. The normalized spacial score (nSPS) is 19.2. The fraction of sp³-hybridized carbons (Fsp3) is 0.158. The summed E-state index contributed by atoms with van der Waals surface area (Å²) in [5.74, 6) is -1.19.